The van der Waals surface area contributed by atoms with Gasteiger partial charge in [0.05, 0.1) is 19.1 Å². The molecule has 2 aromatic rings. The van der Waals surface area contributed by atoms with Crippen molar-refractivity contribution in [1.29, 1.82) is 0 Å². The molecule has 0 fully saturated rings. The largest absolute Gasteiger partial charge is 0.507 e. The van der Waals surface area contributed by atoms with Gasteiger partial charge in [-0.25, -0.2) is 0 Å². The highest BCUT2D eigenvalue weighted by Crippen LogP contribution is 2.31. The fraction of sp³-hybridized carbons (Fsp3) is 0.333. The summed E-state index contributed by atoms with van der Waals surface area (Å²) in [6, 6.07) is 9.03. The maximum Gasteiger partial charge on any atom is 0.189 e. The molecule has 0 aliphatic rings. The number of benzene rings is 2. The van der Waals surface area contributed by atoms with Crippen molar-refractivity contribution in [2.24, 2.45) is 5.92 Å². The Morgan fingerprint density at radius 3 is 2.18 bits per heavy atom. The zero-order chi connectivity index (χ0) is 20.7. The molecule has 0 aliphatic heterocycles. The van der Waals surface area contributed by atoms with E-state index in [-0.39, 0.29) is 23.9 Å². The Labute approximate surface area is 163 Å². The summed E-state index contributed by atoms with van der Waals surface area (Å²) in [5.41, 5.74) is 0.673. The number of carbonyl (C=O) groups is 2. The third kappa shape index (κ3) is 5.31. The molecule has 0 saturated heterocycles. The van der Waals surface area contributed by atoms with Gasteiger partial charge in [-0.15, -0.1) is 0 Å². The molecule has 1 atom stereocenters. The first-order valence-corrected chi connectivity index (χ1v) is 8.75. The van der Waals surface area contributed by atoms with Crippen molar-refractivity contribution in [2.75, 3.05) is 27.1 Å². The first-order valence-electron chi connectivity index (χ1n) is 8.75. The molecule has 0 aliphatic carbocycles. The highest BCUT2D eigenvalue weighted by Gasteiger charge is 2.28. The van der Waals surface area contributed by atoms with E-state index in [2.05, 4.69) is 0 Å². The van der Waals surface area contributed by atoms with E-state index < -0.39 is 17.5 Å². The zero-order valence-electron chi connectivity index (χ0n) is 16.1. The molecule has 0 aromatic heterocycles. The molecule has 150 valence electrons. The number of hydrogen-bond acceptors (Lipinski definition) is 7. The van der Waals surface area contributed by atoms with Gasteiger partial charge in [0.25, 0.3) is 0 Å². The summed E-state index contributed by atoms with van der Waals surface area (Å²) in [7, 11) is 1.58. The van der Waals surface area contributed by atoms with Crippen LogP contribution in [0, 0.1) is 12.8 Å². The molecule has 2 aromatic carbocycles. The van der Waals surface area contributed by atoms with Gasteiger partial charge in [0.15, 0.2) is 18.4 Å². The molecule has 1 unspecified atom stereocenters. The van der Waals surface area contributed by atoms with Crippen LogP contribution in [0.3, 0.4) is 0 Å². The van der Waals surface area contributed by atoms with Crippen LogP contribution in [0.25, 0.3) is 0 Å². The number of ketones is 2. The van der Waals surface area contributed by atoms with Crippen LogP contribution in [-0.2, 0) is 9.47 Å². The quantitative estimate of drug-likeness (QED) is 0.279. The molecule has 28 heavy (non-hydrogen) atoms. The number of phenols is 2. The molecule has 2 N–H and O–H groups in total. The van der Waals surface area contributed by atoms with E-state index in [0.717, 1.165) is 0 Å². The van der Waals surface area contributed by atoms with Gasteiger partial charge >= 0.3 is 0 Å². The maximum atomic E-state index is 12.6. The minimum Gasteiger partial charge on any atom is -0.507 e. The first-order chi connectivity index (χ1) is 13.3. The number of methoxy groups -OCH3 is 1. The van der Waals surface area contributed by atoms with Crippen LogP contribution in [0.5, 0.6) is 17.2 Å². The number of aromatic hydroxyl groups is 2. The summed E-state index contributed by atoms with van der Waals surface area (Å²) in [6.45, 7) is 4.05. The second-order valence-electron chi connectivity index (χ2n) is 6.32. The number of rotatable bonds is 10. The number of ether oxygens (including phenoxy) is 3. The molecule has 0 spiro atoms. The fourth-order valence-corrected chi connectivity index (χ4v) is 2.61. The van der Waals surface area contributed by atoms with Crippen LogP contribution in [0.1, 0.15) is 33.2 Å². The topological polar surface area (TPSA) is 102 Å². The van der Waals surface area contributed by atoms with Crippen molar-refractivity contribution in [3.63, 3.8) is 0 Å². The van der Waals surface area contributed by atoms with Crippen molar-refractivity contribution in [1.82, 2.24) is 0 Å². The highest BCUT2D eigenvalue weighted by molar-refractivity contribution is 6.17. The van der Waals surface area contributed by atoms with Crippen molar-refractivity contribution in [3.05, 3.63) is 53.1 Å². The van der Waals surface area contributed by atoms with Gasteiger partial charge in [0.1, 0.15) is 22.8 Å². The third-order valence-electron chi connectivity index (χ3n) is 4.15. The second-order valence-corrected chi connectivity index (χ2v) is 6.32. The van der Waals surface area contributed by atoms with Crippen LogP contribution < -0.4 is 4.74 Å². The Morgan fingerprint density at radius 1 is 1.00 bits per heavy atom. The van der Waals surface area contributed by atoms with Crippen molar-refractivity contribution >= 4 is 11.6 Å². The molecular formula is C21H24O7. The molecule has 0 radical (unpaired) electrons. The average Bonchev–Trinajstić information content (AvgIpc) is 2.66. The van der Waals surface area contributed by atoms with Crippen LogP contribution in [0.4, 0.5) is 0 Å². The SMILES string of the molecule is COCCOCOc1ccc(C(=O)C(C)C(=O)c2c(O)cc(C)cc2O)cc1. The van der Waals surface area contributed by atoms with Gasteiger partial charge < -0.3 is 24.4 Å². The van der Waals surface area contributed by atoms with Gasteiger partial charge in [-0.2, -0.15) is 0 Å². The number of aryl methyl sites for hydroxylation is 1. The lowest BCUT2D eigenvalue weighted by molar-refractivity contribution is -0.00847. The van der Waals surface area contributed by atoms with Crippen molar-refractivity contribution < 1.29 is 34.0 Å². The predicted octanol–water partition coefficient (Wildman–Crippen LogP) is 3.11. The standard InChI is InChI=1S/C21H24O7/c1-13-10-17(22)19(18(23)11-13)21(25)14(2)20(24)15-4-6-16(7-5-15)28-12-27-9-8-26-3/h4-7,10-11,14,22-23H,8-9,12H2,1-3H3. The summed E-state index contributed by atoms with van der Waals surface area (Å²) in [5.74, 6) is -2.32. The minimum absolute atomic E-state index is 0.0531. The smallest absolute Gasteiger partial charge is 0.189 e. The number of carbonyl (C=O) groups excluding carboxylic acids is 2. The van der Waals surface area contributed by atoms with Gasteiger partial charge in [0, 0.05) is 12.7 Å². The van der Waals surface area contributed by atoms with Gasteiger partial charge in [-0.05, 0) is 55.8 Å². The molecular weight excluding hydrogens is 364 g/mol. The zero-order valence-corrected chi connectivity index (χ0v) is 16.1. The first kappa shape index (κ1) is 21.4. The third-order valence-corrected chi connectivity index (χ3v) is 4.15. The van der Waals surface area contributed by atoms with Crippen LogP contribution in [-0.4, -0.2) is 48.9 Å². The van der Waals surface area contributed by atoms with E-state index in [0.29, 0.717) is 30.1 Å². The van der Waals surface area contributed by atoms with Crippen LogP contribution in [0.2, 0.25) is 0 Å². The monoisotopic (exact) mass is 388 g/mol. The van der Waals surface area contributed by atoms with Gasteiger partial charge in [0.2, 0.25) is 0 Å². The van der Waals surface area contributed by atoms with Crippen molar-refractivity contribution in [2.45, 2.75) is 13.8 Å². The summed E-state index contributed by atoms with van der Waals surface area (Å²) < 4.78 is 15.4. The van der Waals surface area contributed by atoms with Gasteiger partial charge in [-0.3, -0.25) is 9.59 Å². The predicted molar refractivity (Wildman–Crippen MR) is 102 cm³/mol. The molecule has 0 heterocycles. The Kier molecular flexibility index (Phi) is 7.54. The van der Waals surface area contributed by atoms with E-state index in [9.17, 15) is 19.8 Å². The Bertz CT molecular complexity index is 804. The lowest BCUT2D eigenvalue weighted by atomic mass is 9.90. The Balaban J connectivity index is 2.04. The van der Waals surface area contributed by atoms with Crippen LogP contribution >= 0.6 is 0 Å². The molecule has 0 saturated carbocycles. The molecule has 7 nitrogen and oxygen atoms in total. The highest BCUT2D eigenvalue weighted by atomic mass is 16.7. The lowest BCUT2D eigenvalue weighted by Gasteiger charge is -2.13. The summed E-state index contributed by atoms with van der Waals surface area (Å²) >= 11 is 0. The maximum absolute atomic E-state index is 12.6. The molecule has 0 bridgehead atoms. The van der Waals surface area contributed by atoms with E-state index in [4.69, 9.17) is 14.2 Å². The average molecular weight is 388 g/mol. The number of phenolic OH excluding ortho intramolecular Hbond substituents is 2. The van der Waals surface area contributed by atoms with E-state index in [1.807, 2.05) is 0 Å². The summed E-state index contributed by atoms with van der Waals surface area (Å²) in [6.07, 6.45) is 0. The molecule has 2 rings (SSSR count). The molecule has 0 amide bonds. The normalized spacial score (nSPS) is 11.8. The summed E-state index contributed by atoms with van der Waals surface area (Å²) in [5, 5.41) is 20.0. The lowest BCUT2D eigenvalue weighted by Crippen LogP contribution is -2.21. The Morgan fingerprint density at radius 2 is 1.61 bits per heavy atom. The van der Waals surface area contributed by atoms with Crippen molar-refractivity contribution in [3.8, 4) is 17.2 Å². The van der Waals surface area contributed by atoms with Gasteiger partial charge in [-0.1, -0.05) is 0 Å². The van der Waals surface area contributed by atoms with E-state index in [1.54, 1.807) is 38.3 Å². The second kappa shape index (κ2) is 9.87. The minimum atomic E-state index is -1.07. The fourth-order valence-electron chi connectivity index (χ4n) is 2.61. The van der Waals surface area contributed by atoms with E-state index >= 15 is 0 Å². The summed E-state index contributed by atoms with van der Waals surface area (Å²) in [4.78, 5) is 25.2. The van der Waals surface area contributed by atoms with Crippen LogP contribution in [0.15, 0.2) is 36.4 Å². The van der Waals surface area contributed by atoms with E-state index in [1.165, 1.54) is 19.1 Å². The molecule has 7 heteroatoms. The number of hydrogen-bond donors (Lipinski definition) is 2. The Hall–Kier alpha value is -2.90. The number of Topliss-reactive ketones (excluding diaryl/α,β-unsaturated/α-hetero) is 2.